The maximum Gasteiger partial charge on any atom is 0.431 e. The molecule has 1 aromatic carbocycles. The Kier molecular flexibility index (Phi) is 4.46. The Morgan fingerprint density at radius 1 is 1.22 bits per heavy atom. The molecule has 3 rings (SSSR count). The molecule has 2 aromatic rings. The standard InChI is InChI=1S/C17H13ClF4N2O3/c1-16(4-3-5-27-16)9-6-12(11(19)7-10(9)18)24-14(25)8-13(17(20,21)22)23(2)15(24)26/h3,5-8H,4H2,1-2H3. The molecule has 0 N–H and O–H groups in total. The van der Waals surface area contributed by atoms with Gasteiger partial charge in [-0.25, -0.2) is 13.8 Å². The van der Waals surface area contributed by atoms with E-state index in [9.17, 15) is 27.2 Å². The number of hydrogen-bond acceptors (Lipinski definition) is 3. The van der Waals surface area contributed by atoms with Crippen molar-refractivity contribution in [1.29, 1.82) is 0 Å². The molecule has 144 valence electrons. The summed E-state index contributed by atoms with van der Waals surface area (Å²) in [6.45, 7) is 1.67. The third-order valence-electron chi connectivity index (χ3n) is 4.39. The predicted octanol–water partition coefficient (Wildman–Crippen LogP) is 3.50. The predicted molar refractivity (Wildman–Crippen MR) is 89.4 cm³/mol. The highest BCUT2D eigenvalue weighted by atomic mass is 35.5. The van der Waals surface area contributed by atoms with Gasteiger partial charge < -0.3 is 4.74 Å². The molecule has 0 saturated carbocycles. The SMILES string of the molecule is Cn1c(C(F)(F)F)cc(=O)n(-c2cc(C3(C)CC=CO3)c(Cl)cc2F)c1=O. The van der Waals surface area contributed by atoms with Crippen molar-refractivity contribution in [3.05, 3.63) is 73.5 Å². The van der Waals surface area contributed by atoms with Crippen molar-refractivity contribution in [1.82, 2.24) is 9.13 Å². The monoisotopic (exact) mass is 404 g/mol. The Hall–Kier alpha value is -2.55. The highest BCUT2D eigenvalue weighted by Crippen LogP contribution is 2.39. The minimum Gasteiger partial charge on any atom is -0.490 e. The number of benzene rings is 1. The van der Waals surface area contributed by atoms with Gasteiger partial charge in [-0.3, -0.25) is 9.36 Å². The van der Waals surface area contributed by atoms with Crippen LogP contribution in [0.5, 0.6) is 0 Å². The van der Waals surface area contributed by atoms with Crippen LogP contribution in [0.15, 0.2) is 40.1 Å². The minimum absolute atomic E-state index is 0.000709. The van der Waals surface area contributed by atoms with Crippen molar-refractivity contribution in [3.63, 3.8) is 0 Å². The molecule has 0 saturated heterocycles. The molecule has 1 aliphatic heterocycles. The van der Waals surface area contributed by atoms with Crippen molar-refractivity contribution in [2.24, 2.45) is 7.05 Å². The lowest BCUT2D eigenvalue weighted by Gasteiger charge is -2.26. The quantitative estimate of drug-likeness (QED) is 0.720. The van der Waals surface area contributed by atoms with Crippen LogP contribution in [0.25, 0.3) is 5.69 Å². The zero-order chi connectivity index (χ0) is 20.1. The summed E-state index contributed by atoms with van der Waals surface area (Å²) in [4.78, 5) is 24.6. The number of hydrogen-bond donors (Lipinski definition) is 0. The molecule has 1 unspecified atom stereocenters. The maximum absolute atomic E-state index is 14.5. The van der Waals surface area contributed by atoms with Crippen molar-refractivity contribution in [3.8, 4) is 5.69 Å². The van der Waals surface area contributed by atoms with Crippen LogP contribution >= 0.6 is 11.6 Å². The molecule has 5 nitrogen and oxygen atoms in total. The summed E-state index contributed by atoms with van der Waals surface area (Å²) in [5.74, 6) is -1.03. The molecule has 1 aliphatic rings. The van der Waals surface area contributed by atoms with E-state index in [1.165, 1.54) is 6.26 Å². The summed E-state index contributed by atoms with van der Waals surface area (Å²) in [7, 11) is 0.848. The Labute approximate surface area is 155 Å². The zero-order valence-electron chi connectivity index (χ0n) is 14.1. The molecule has 10 heteroatoms. The molecule has 0 fully saturated rings. The van der Waals surface area contributed by atoms with E-state index in [1.807, 2.05) is 0 Å². The summed E-state index contributed by atoms with van der Waals surface area (Å²) in [6.07, 6.45) is -1.37. The average Bonchev–Trinajstić information content (AvgIpc) is 2.99. The van der Waals surface area contributed by atoms with Gasteiger partial charge in [0.15, 0.2) is 0 Å². The third-order valence-corrected chi connectivity index (χ3v) is 4.70. The topological polar surface area (TPSA) is 53.2 Å². The van der Waals surface area contributed by atoms with Crippen LogP contribution < -0.4 is 11.2 Å². The van der Waals surface area contributed by atoms with E-state index in [0.717, 1.165) is 19.2 Å². The smallest absolute Gasteiger partial charge is 0.431 e. The second-order valence-corrected chi connectivity index (χ2v) is 6.66. The summed E-state index contributed by atoms with van der Waals surface area (Å²) in [5, 5.41) is -0.000709. The van der Waals surface area contributed by atoms with Gasteiger partial charge in [0.2, 0.25) is 0 Å². The van der Waals surface area contributed by atoms with Crippen LogP contribution in [-0.2, 0) is 23.6 Å². The van der Waals surface area contributed by atoms with Gasteiger partial charge in [-0.2, -0.15) is 13.2 Å². The molecule has 0 spiro atoms. The number of ether oxygens (including phenoxy) is 1. The van der Waals surface area contributed by atoms with Crippen molar-refractivity contribution >= 4 is 11.6 Å². The molecule has 0 bridgehead atoms. The number of rotatable bonds is 2. The molecule has 1 atom stereocenters. The molecular formula is C17H13ClF4N2O3. The van der Waals surface area contributed by atoms with E-state index >= 15 is 0 Å². The highest BCUT2D eigenvalue weighted by Gasteiger charge is 2.36. The first kappa shape index (κ1) is 19.2. The fourth-order valence-corrected chi connectivity index (χ4v) is 3.28. The van der Waals surface area contributed by atoms with Crippen molar-refractivity contribution in [2.45, 2.75) is 25.1 Å². The fourth-order valence-electron chi connectivity index (χ4n) is 2.93. The number of nitrogens with zero attached hydrogens (tertiary/aromatic N) is 2. The lowest BCUT2D eigenvalue weighted by Crippen LogP contribution is -2.41. The van der Waals surface area contributed by atoms with Gasteiger partial charge in [0.1, 0.15) is 17.1 Å². The molecule has 0 amide bonds. The Morgan fingerprint density at radius 2 is 1.89 bits per heavy atom. The summed E-state index contributed by atoms with van der Waals surface area (Å²) < 4.78 is 59.4. The van der Waals surface area contributed by atoms with Gasteiger partial charge >= 0.3 is 11.9 Å². The minimum atomic E-state index is -4.91. The van der Waals surface area contributed by atoms with Gasteiger partial charge in [0, 0.05) is 25.1 Å². The molecule has 27 heavy (non-hydrogen) atoms. The van der Waals surface area contributed by atoms with Crippen LogP contribution in [0.2, 0.25) is 5.02 Å². The maximum atomic E-state index is 14.5. The lowest BCUT2D eigenvalue weighted by molar-refractivity contribution is -0.144. The normalized spacial score (nSPS) is 19.4. The van der Waals surface area contributed by atoms with Crippen LogP contribution in [0.3, 0.4) is 0 Å². The van der Waals surface area contributed by atoms with Crippen molar-refractivity contribution < 1.29 is 22.3 Å². The van der Waals surface area contributed by atoms with Crippen molar-refractivity contribution in [2.75, 3.05) is 0 Å². The summed E-state index contributed by atoms with van der Waals surface area (Å²) >= 11 is 6.09. The van der Waals surface area contributed by atoms with Crippen LogP contribution in [0.1, 0.15) is 24.6 Å². The van der Waals surface area contributed by atoms with Gasteiger partial charge in [-0.15, -0.1) is 0 Å². The van der Waals surface area contributed by atoms with Gasteiger partial charge in [-0.05, 0) is 25.1 Å². The van der Waals surface area contributed by atoms with E-state index in [2.05, 4.69) is 0 Å². The molecule has 1 aromatic heterocycles. The first-order valence-electron chi connectivity index (χ1n) is 7.69. The fraction of sp³-hybridized carbons (Fsp3) is 0.294. The van der Waals surface area contributed by atoms with E-state index in [0.29, 0.717) is 16.6 Å². The molecule has 0 aliphatic carbocycles. The second kappa shape index (κ2) is 6.26. The van der Waals surface area contributed by atoms with E-state index < -0.39 is 40.2 Å². The average molecular weight is 405 g/mol. The lowest BCUT2D eigenvalue weighted by atomic mass is 9.92. The number of alkyl halides is 3. The molecule has 2 heterocycles. The zero-order valence-corrected chi connectivity index (χ0v) is 14.9. The Morgan fingerprint density at radius 3 is 2.44 bits per heavy atom. The Balaban J connectivity index is 2.28. The second-order valence-electron chi connectivity index (χ2n) is 6.25. The number of aromatic nitrogens is 2. The Bertz CT molecular complexity index is 1060. The number of halogens is 5. The van der Waals surface area contributed by atoms with E-state index in [-0.39, 0.29) is 15.7 Å². The first-order valence-corrected chi connectivity index (χ1v) is 8.06. The summed E-state index contributed by atoms with van der Waals surface area (Å²) in [6, 6.07) is 2.27. The van der Waals surface area contributed by atoms with Gasteiger partial charge in [0.25, 0.3) is 5.56 Å². The van der Waals surface area contributed by atoms with E-state index in [4.69, 9.17) is 16.3 Å². The van der Waals surface area contributed by atoms with Gasteiger partial charge in [0.05, 0.1) is 17.0 Å². The van der Waals surface area contributed by atoms with Crippen LogP contribution in [0, 0.1) is 5.82 Å². The van der Waals surface area contributed by atoms with E-state index in [1.54, 1.807) is 13.0 Å². The highest BCUT2D eigenvalue weighted by molar-refractivity contribution is 6.31. The molecule has 0 radical (unpaired) electrons. The third kappa shape index (κ3) is 3.16. The summed E-state index contributed by atoms with van der Waals surface area (Å²) in [5.41, 5.74) is -5.25. The van der Waals surface area contributed by atoms with Crippen LogP contribution in [0.4, 0.5) is 17.6 Å². The largest absolute Gasteiger partial charge is 0.490 e. The van der Waals surface area contributed by atoms with Gasteiger partial charge in [-0.1, -0.05) is 11.6 Å². The molecular weight excluding hydrogens is 392 g/mol. The van der Waals surface area contributed by atoms with Crippen LogP contribution in [-0.4, -0.2) is 9.13 Å². The first-order chi connectivity index (χ1) is 12.5.